The van der Waals surface area contributed by atoms with Gasteiger partial charge in [-0.2, -0.15) is 0 Å². The summed E-state index contributed by atoms with van der Waals surface area (Å²) in [5.41, 5.74) is 5.81. The van der Waals surface area contributed by atoms with Crippen molar-refractivity contribution in [2.75, 3.05) is 26.2 Å². The van der Waals surface area contributed by atoms with Gasteiger partial charge in [0.05, 0.1) is 0 Å². The second-order valence-corrected chi connectivity index (χ2v) is 10.1. The summed E-state index contributed by atoms with van der Waals surface area (Å²) in [6.45, 7) is 19.3. The predicted molar refractivity (Wildman–Crippen MR) is 141 cm³/mol. The van der Waals surface area contributed by atoms with E-state index in [1.165, 1.54) is 28.7 Å². The molecule has 3 heteroatoms. The Morgan fingerprint density at radius 3 is 1.47 bits per heavy atom. The number of hydrogen-bond acceptors (Lipinski definition) is 2. The second kappa shape index (κ2) is 16.1. The van der Waals surface area contributed by atoms with Gasteiger partial charge >= 0.3 is 0 Å². The van der Waals surface area contributed by atoms with E-state index < -0.39 is 0 Å². The largest absolute Gasteiger partial charge is 0.340 e. The van der Waals surface area contributed by atoms with Gasteiger partial charge in [0, 0.05) is 38.6 Å². The molecule has 0 aromatic rings. The summed E-state index contributed by atoms with van der Waals surface area (Å²) in [6.07, 6.45) is 17.7. The van der Waals surface area contributed by atoms with Gasteiger partial charge in [0.1, 0.15) is 0 Å². The Morgan fingerprint density at radius 1 is 0.656 bits per heavy atom. The zero-order chi connectivity index (χ0) is 23.9. The quantitative estimate of drug-likeness (QED) is 0.276. The molecule has 3 nitrogen and oxygen atoms in total. The van der Waals surface area contributed by atoms with Crippen molar-refractivity contribution < 1.29 is 4.79 Å². The Hall–Kier alpha value is -1.61. The lowest BCUT2D eigenvalue weighted by atomic mass is 10.0. The normalized spacial score (nSPS) is 16.6. The maximum atomic E-state index is 12.5. The molecule has 1 amide bonds. The molecule has 0 atom stereocenters. The topological polar surface area (TPSA) is 23.6 Å². The lowest BCUT2D eigenvalue weighted by Gasteiger charge is -2.37. The summed E-state index contributed by atoms with van der Waals surface area (Å²) >= 11 is 0. The van der Waals surface area contributed by atoms with Crippen LogP contribution < -0.4 is 0 Å². The van der Waals surface area contributed by atoms with Crippen LogP contribution in [-0.4, -0.2) is 47.9 Å². The smallest absolute Gasteiger partial charge is 0.222 e. The number of amides is 1. The lowest BCUT2D eigenvalue weighted by Crippen LogP contribution is -2.50. The SMILES string of the molecule is CC(C)=CCC/C(C)=C/CC/C(C)=C/CC/C(C)=C/CCC(=O)N1CCN(C(C)C)CC1. The van der Waals surface area contributed by atoms with Gasteiger partial charge in [-0.3, -0.25) is 9.69 Å². The molecule has 0 radical (unpaired) electrons. The lowest BCUT2D eigenvalue weighted by molar-refractivity contribution is -0.133. The highest BCUT2D eigenvalue weighted by atomic mass is 16.2. The van der Waals surface area contributed by atoms with Gasteiger partial charge in [0.15, 0.2) is 0 Å². The van der Waals surface area contributed by atoms with Crippen molar-refractivity contribution in [3.8, 4) is 0 Å². The minimum absolute atomic E-state index is 0.317. The molecule has 1 aliphatic heterocycles. The highest BCUT2D eigenvalue weighted by Gasteiger charge is 2.21. The van der Waals surface area contributed by atoms with Crippen molar-refractivity contribution >= 4 is 5.91 Å². The molecular formula is C29H50N2O. The zero-order valence-electron chi connectivity index (χ0n) is 22.2. The van der Waals surface area contributed by atoms with E-state index in [1.54, 1.807) is 0 Å². The maximum Gasteiger partial charge on any atom is 0.222 e. The van der Waals surface area contributed by atoms with Crippen molar-refractivity contribution in [2.24, 2.45) is 0 Å². The molecular weight excluding hydrogens is 392 g/mol. The van der Waals surface area contributed by atoms with Crippen LogP contribution in [0.2, 0.25) is 0 Å². The third kappa shape index (κ3) is 13.1. The van der Waals surface area contributed by atoms with E-state index in [0.717, 1.165) is 64.7 Å². The Balaban J connectivity index is 2.22. The summed E-state index contributed by atoms with van der Waals surface area (Å²) < 4.78 is 0. The Morgan fingerprint density at radius 2 is 1.06 bits per heavy atom. The molecule has 0 aromatic carbocycles. The van der Waals surface area contributed by atoms with E-state index in [4.69, 9.17) is 0 Å². The molecule has 0 unspecified atom stereocenters. The van der Waals surface area contributed by atoms with Crippen LogP contribution in [0.3, 0.4) is 0 Å². The van der Waals surface area contributed by atoms with Gasteiger partial charge < -0.3 is 4.90 Å². The van der Waals surface area contributed by atoms with Crippen LogP contribution in [0.5, 0.6) is 0 Å². The van der Waals surface area contributed by atoms with Crippen LogP contribution in [-0.2, 0) is 4.79 Å². The average Bonchev–Trinajstić information content (AvgIpc) is 2.73. The fourth-order valence-corrected chi connectivity index (χ4v) is 4.08. The van der Waals surface area contributed by atoms with Crippen LogP contribution in [0.4, 0.5) is 0 Å². The summed E-state index contributed by atoms with van der Waals surface area (Å²) in [5, 5.41) is 0. The van der Waals surface area contributed by atoms with E-state index in [1.807, 2.05) is 4.90 Å². The first kappa shape index (κ1) is 28.4. The Labute approximate surface area is 199 Å². The highest BCUT2D eigenvalue weighted by Crippen LogP contribution is 2.14. The van der Waals surface area contributed by atoms with Crippen LogP contribution in [0, 0.1) is 0 Å². The monoisotopic (exact) mass is 442 g/mol. The van der Waals surface area contributed by atoms with Gasteiger partial charge in [-0.1, -0.05) is 46.6 Å². The second-order valence-electron chi connectivity index (χ2n) is 10.1. The number of carbonyl (C=O) groups excluding carboxylic acids is 1. The third-order valence-electron chi connectivity index (χ3n) is 6.40. The number of nitrogens with zero attached hydrogens (tertiary/aromatic N) is 2. The fourth-order valence-electron chi connectivity index (χ4n) is 4.08. The predicted octanol–water partition coefficient (Wildman–Crippen LogP) is 7.46. The summed E-state index contributed by atoms with van der Waals surface area (Å²) in [5.74, 6) is 0.317. The van der Waals surface area contributed by atoms with Crippen molar-refractivity contribution in [1.29, 1.82) is 0 Å². The minimum atomic E-state index is 0.317. The van der Waals surface area contributed by atoms with E-state index >= 15 is 0 Å². The average molecular weight is 443 g/mol. The van der Waals surface area contributed by atoms with E-state index in [0.29, 0.717) is 18.4 Å². The van der Waals surface area contributed by atoms with Gasteiger partial charge in [-0.05, 0) is 93.4 Å². The maximum absolute atomic E-state index is 12.5. The van der Waals surface area contributed by atoms with Crippen LogP contribution in [0.1, 0.15) is 99.8 Å². The molecule has 0 N–H and O–H groups in total. The molecule has 1 rings (SSSR count). The highest BCUT2D eigenvalue weighted by molar-refractivity contribution is 5.76. The van der Waals surface area contributed by atoms with Gasteiger partial charge in [0.2, 0.25) is 5.91 Å². The van der Waals surface area contributed by atoms with Gasteiger partial charge in [-0.15, -0.1) is 0 Å². The van der Waals surface area contributed by atoms with E-state index in [9.17, 15) is 4.79 Å². The van der Waals surface area contributed by atoms with Crippen molar-refractivity contribution in [2.45, 2.75) is 106 Å². The fraction of sp³-hybridized carbons (Fsp3) is 0.690. The third-order valence-corrected chi connectivity index (χ3v) is 6.40. The minimum Gasteiger partial charge on any atom is -0.340 e. The van der Waals surface area contributed by atoms with Crippen LogP contribution in [0.15, 0.2) is 46.6 Å². The van der Waals surface area contributed by atoms with Gasteiger partial charge in [-0.25, -0.2) is 0 Å². The standard InChI is InChI=1S/C29H50N2O/c1-24(2)12-8-13-26(5)14-9-15-27(6)16-10-17-28(7)18-11-19-29(32)31-22-20-30(21-23-31)25(3)4/h12,14,16,18,25H,8-11,13,15,17,19-23H2,1-7H3/b26-14+,27-16+,28-18+. The molecule has 0 spiro atoms. The van der Waals surface area contributed by atoms with Crippen molar-refractivity contribution in [1.82, 2.24) is 9.80 Å². The number of allylic oxidation sites excluding steroid dienone is 8. The molecule has 0 bridgehead atoms. The molecule has 1 aliphatic rings. The first-order valence-electron chi connectivity index (χ1n) is 12.8. The molecule has 1 heterocycles. The molecule has 32 heavy (non-hydrogen) atoms. The van der Waals surface area contributed by atoms with Crippen molar-refractivity contribution in [3.05, 3.63) is 46.6 Å². The van der Waals surface area contributed by atoms with Gasteiger partial charge in [0.25, 0.3) is 0 Å². The Bertz CT molecular complexity index is 669. The molecule has 1 fully saturated rings. The summed E-state index contributed by atoms with van der Waals surface area (Å²) in [6, 6.07) is 0.577. The number of hydrogen-bond donors (Lipinski definition) is 0. The zero-order valence-corrected chi connectivity index (χ0v) is 22.2. The van der Waals surface area contributed by atoms with Crippen molar-refractivity contribution in [3.63, 3.8) is 0 Å². The van der Waals surface area contributed by atoms with E-state index in [-0.39, 0.29) is 0 Å². The molecule has 182 valence electrons. The molecule has 0 aliphatic carbocycles. The van der Waals surface area contributed by atoms with Crippen LogP contribution >= 0.6 is 0 Å². The first-order valence-corrected chi connectivity index (χ1v) is 12.8. The Kier molecular flexibility index (Phi) is 14.3. The summed E-state index contributed by atoms with van der Waals surface area (Å²) in [4.78, 5) is 17.0. The molecule has 1 saturated heterocycles. The molecule has 0 saturated carbocycles. The number of rotatable bonds is 13. The number of carbonyl (C=O) groups is 1. The number of piperazine rings is 1. The molecule has 0 aromatic heterocycles. The first-order chi connectivity index (χ1) is 15.2. The van der Waals surface area contributed by atoms with E-state index in [2.05, 4.69) is 77.7 Å². The van der Waals surface area contributed by atoms with Crippen LogP contribution in [0.25, 0.3) is 0 Å². The summed E-state index contributed by atoms with van der Waals surface area (Å²) in [7, 11) is 0.